The quantitative estimate of drug-likeness (QED) is 0.540. The molecule has 0 bridgehead atoms. The van der Waals surface area contributed by atoms with Gasteiger partial charge >= 0.3 is 6.03 Å². The maximum absolute atomic E-state index is 10.4. The molecule has 1 unspecified atom stereocenters. The van der Waals surface area contributed by atoms with Gasteiger partial charge in [-0.3, -0.25) is 8.93 Å². The number of carbonyl (C=O) groups excluding carboxylic acids is 1. The van der Waals surface area contributed by atoms with Crippen molar-refractivity contribution in [2.24, 2.45) is 0 Å². The molecular weight excluding hydrogens is 156 g/mol. The summed E-state index contributed by atoms with van der Waals surface area (Å²) in [5.41, 5.74) is 0. The normalized spacial score (nSPS) is 12.8. The molecule has 0 saturated heterocycles. The molecule has 0 aromatic rings. The Morgan fingerprint density at radius 2 is 2.10 bits per heavy atom. The summed E-state index contributed by atoms with van der Waals surface area (Å²) in [7, 11) is 0. The van der Waals surface area contributed by atoms with E-state index in [1.165, 1.54) is 0 Å². The average Bonchev–Trinajstić information content (AvgIpc) is 1.58. The van der Waals surface area contributed by atoms with E-state index in [2.05, 4.69) is 5.32 Å². The van der Waals surface area contributed by atoms with Gasteiger partial charge in [0.15, 0.2) is 0 Å². The second kappa shape index (κ2) is 4.24. The maximum atomic E-state index is 10.4. The molecule has 0 aromatic heterocycles. The van der Waals surface area contributed by atoms with Gasteiger partial charge in [-0.25, -0.2) is 4.79 Å². The van der Waals surface area contributed by atoms with Crippen LogP contribution in [0.5, 0.6) is 0 Å². The van der Waals surface area contributed by atoms with E-state index in [0.717, 1.165) is 0 Å². The zero-order chi connectivity index (χ0) is 8.15. The van der Waals surface area contributed by atoms with Gasteiger partial charge in [-0.05, 0) is 13.8 Å². The number of rotatable bonds is 2. The van der Waals surface area contributed by atoms with Gasteiger partial charge in [-0.15, -0.1) is 0 Å². The van der Waals surface area contributed by atoms with E-state index in [1.54, 1.807) is 18.6 Å². The summed E-state index contributed by atoms with van der Waals surface area (Å²) < 4.78 is 21.3. The molecule has 0 aliphatic heterocycles. The fourth-order valence-electron chi connectivity index (χ4n) is 0.367. The summed E-state index contributed by atoms with van der Waals surface area (Å²) in [6.07, 6.45) is 0. The van der Waals surface area contributed by atoms with Gasteiger partial charge in [0.25, 0.3) is 0 Å². The lowest BCUT2D eigenvalue weighted by molar-refractivity contribution is 0.243. The predicted molar refractivity (Wildman–Crippen MR) is 35.7 cm³/mol. The molecule has 0 rings (SSSR count). The minimum atomic E-state index is -2.52. The second-order valence-electron chi connectivity index (χ2n) is 1.96. The lowest BCUT2D eigenvalue weighted by atomic mass is 10.4. The Morgan fingerprint density at radius 3 is 2.40 bits per heavy atom. The SMILES string of the molecule is CC(C)NC(=O)NS(=O)[O-]. The lowest BCUT2D eigenvalue weighted by Crippen LogP contribution is -2.40. The number of amides is 2. The predicted octanol–water partition coefficient (Wildman–Crippen LogP) is -0.512. The highest BCUT2D eigenvalue weighted by Crippen LogP contribution is 1.75. The van der Waals surface area contributed by atoms with Gasteiger partial charge in [0.05, 0.1) is 0 Å². The number of nitrogens with one attached hydrogen (secondary N) is 2. The van der Waals surface area contributed by atoms with Crippen LogP contribution in [0.3, 0.4) is 0 Å². The third-order valence-corrected chi connectivity index (χ3v) is 0.948. The van der Waals surface area contributed by atoms with Crippen molar-refractivity contribution in [2.45, 2.75) is 19.9 Å². The molecule has 2 amide bonds. The van der Waals surface area contributed by atoms with Crippen molar-refractivity contribution in [3.8, 4) is 0 Å². The van der Waals surface area contributed by atoms with Crippen LogP contribution in [0.4, 0.5) is 4.79 Å². The average molecular weight is 165 g/mol. The van der Waals surface area contributed by atoms with E-state index in [1.807, 2.05) is 0 Å². The molecule has 0 aliphatic rings. The van der Waals surface area contributed by atoms with E-state index < -0.39 is 17.3 Å². The van der Waals surface area contributed by atoms with Crippen LogP contribution in [0.25, 0.3) is 0 Å². The van der Waals surface area contributed by atoms with E-state index in [0.29, 0.717) is 0 Å². The van der Waals surface area contributed by atoms with Crippen LogP contribution in [0, 0.1) is 0 Å². The lowest BCUT2D eigenvalue weighted by Gasteiger charge is -2.10. The van der Waals surface area contributed by atoms with Gasteiger partial charge < -0.3 is 9.87 Å². The topological polar surface area (TPSA) is 81.3 Å². The van der Waals surface area contributed by atoms with E-state index >= 15 is 0 Å². The molecular formula is C4H9N2O3S-. The fraction of sp³-hybridized carbons (Fsp3) is 0.750. The monoisotopic (exact) mass is 165 g/mol. The summed E-state index contributed by atoms with van der Waals surface area (Å²) in [6.45, 7) is 3.46. The summed E-state index contributed by atoms with van der Waals surface area (Å²) in [5, 5.41) is 2.33. The molecule has 2 N–H and O–H groups in total. The van der Waals surface area contributed by atoms with Crippen molar-refractivity contribution in [3.05, 3.63) is 0 Å². The van der Waals surface area contributed by atoms with E-state index in [4.69, 9.17) is 0 Å². The highest BCUT2D eigenvalue weighted by Gasteiger charge is 1.99. The summed E-state index contributed by atoms with van der Waals surface area (Å²) in [4.78, 5) is 10.4. The first-order chi connectivity index (χ1) is 4.52. The number of hydrogen-bond acceptors (Lipinski definition) is 3. The Morgan fingerprint density at radius 1 is 1.60 bits per heavy atom. The molecule has 0 saturated carbocycles. The molecule has 60 valence electrons. The Kier molecular flexibility index (Phi) is 3.97. The molecule has 0 fully saturated rings. The molecule has 0 aromatic carbocycles. The summed E-state index contributed by atoms with van der Waals surface area (Å²) in [5.74, 6) is 0. The van der Waals surface area contributed by atoms with Crippen LogP contribution in [0.2, 0.25) is 0 Å². The minimum absolute atomic E-state index is 0.0662. The zero-order valence-corrected chi connectivity index (χ0v) is 6.53. The van der Waals surface area contributed by atoms with Crippen molar-refractivity contribution in [2.75, 3.05) is 0 Å². The first-order valence-corrected chi connectivity index (χ1v) is 3.76. The molecule has 0 radical (unpaired) electrons. The molecule has 5 nitrogen and oxygen atoms in total. The Hall–Kier alpha value is -0.620. The third kappa shape index (κ3) is 5.52. The van der Waals surface area contributed by atoms with Crippen LogP contribution in [-0.4, -0.2) is 20.8 Å². The van der Waals surface area contributed by atoms with E-state index in [-0.39, 0.29) is 6.04 Å². The van der Waals surface area contributed by atoms with Crippen LogP contribution in [0.1, 0.15) is 13.8 Å². The van der Waals surface area contributed by atoms with Crippen LogP contribution < -0.4 is 10.0 Å². The fourth-order valence-corrected chi connectivity index (χ4v) is 0.578. The summed E-state index contributed by atoms with van der Waals surface area (Å²) >= 11 is -2.52. The second-order valence-corrected chi connectivity index (χ2v) is 2.64. The van der Waals surface area contributed by atoms with Crippen LogP contribution in [-0.2, 0) is 11.3 Å². The van der Waals surface area contributed by atoms with Crippen molar-refractivity contribution in [1.82, 2.24) is 10.0 Å². The Balaban J connectivity index is 3.54. The largest absolute Gasteiger partial charge is 0.755 e. The van der Waals surface area contributed by atoms with Crippen LogP contribution >= 0.6 is 0 Å². The summed E-state index contributed by atoms with van der Waals surface area (Å²) in [6, 6.07) is -0.771. The molecule has 10 heavy (non-hydrogen) atoms. The van der Waals surface area contributed by atoms with Crippen molar-refractivity contribution in [1.29, 1.82) is 0 Å². The van der Waals surface area contributed by atoms with Crippen molar-refractivity contribution in [3.63, 3.8) is 0 Å². The van der Waals surface area contributed by atoms with Gasteiger partial charge in [0, 0.05) is 17.3 Å². The number of hydrogen-bond donors (Lipinski definition) is 2. The Labute approximate surface area is 61.6 Å². The van der Waals surface area contributed by atoms with Crippen LogP contribution in [0.15, 0.2) is 0 Å². The van der Waals surface area contributed by atoms with Crippen molar-refractivity contribution < 1.29 is 13.6 Å². The maximum Gasteiger partial charge on any atom is 0.325 e. The van der Waals surface area contributed by atoms with Gasteiger partial charge in [0.1, 0.15) is 0 Å². The standard InChI is InChI=1S/C4H10N2O3S/c1-3(2)5-4(7)6-10(8)9/h3H,1-2H3,(H,8,9)(H2,5,6,7)/p-1. The molecule has 0 aliphatic carbocycles. The first kappa shape index (κ1) is 9.38. The smallest absolute Gasteiger partial charge is 0.325 e. The highest BCUT2D eigenvalue weighted by atomic mass is 32.2. The third-order valence-electron chi connectivity index (χ3n) is 0.596. The molecule has 0 heterocycles. The van der Waals surface area contributed by atoms with Gasteiger partial charge in [0.2, 0.25) is 0 Å². The molecule has 1 atom stereocenters. The number of carbonyl (C=O) groups is 1. The molecule has 0 spiro atoms. The highest BCUT2D eigenvalue weighted by molar-refractivity contribution is 7.77. The number of urea groups is 1. The van der Waals surface area contributed by atoms with Crippen molar-refractivity contribution >= 4 is 17.3 Å². The molecule has 6 heteroatoms. The minimum Gasteiger partial charge on any atom is -0.755 e. The van der Waals surface area contributed by atoms with E-state index in [9.17, 15) is 13.6 Å². The zero-order valence-electron chi connectivity index (χ0n) is 5.71. The van der Waals surface area contributed by atoms with Gasteiger partial charge in [-0.1, -0.05) is 0 Å². The Bertz CT molecular complexity index is 147. The first-order valence-electron chi connectivity index (χ1n) is 2.68. The van der Waals surface area contributed by atoms with Gasteiger partial charge in [-0.2, -0.15) is 0 Å².